The molecule has 0 unspecified atom stereocenters. The Bertz CT molecular complexity index is 531. The van der Waals surface area contributed by atoms with E-state index in [1.807, 2.05) is 0 Å². The normalized spacial score (nSPS) is 10.9. The lowest BCUT2D eigenvalue weighted by atomic mass is 10.1. The van der Waals surface area contributed by atoms with Gasteiger partial charge in [-0.1, -0.05) is 5.16 Å². The Morgan fingerprint density at radius 2 is 1.90 bits per heavy atom. The average molecular weight is 297 g/mol. The fourth-order valence-electron chi connectivity index (χ4n) is 1.73. The first-order valence-corrected chi connectivity index (χ1v) is 6.12. The van der Waals surface area contributed by atoms with Crippen molar-refractivity contribution < 1.29 is 24.2 Å². The van der Waals surface area contributed by atoms with Crippen molar-refractivity contribution >= 4 is 11.7 Å². The van der Waals surface area contributed by atoms with Crippen LogP contribution in [-0.2, 0) is 0 Å². The number of nitrogens with one attached hydrogen (secondary N) is 1. The first-order chi connectivity index (χ1) is 10.1. The fraction of sp³-hybridized carbons (Fsp3) is 0.385. The topological polar surface area (TPSA) is 115 Å². The van der Waals surface area contributed by atoms with Crippen LogP contribution in [0.4, 0.5) is 0 Å². The van der Waals surface area contributed by atoms with Gasteiger partial charge in [0.05, 0.1) is 26.9 Å². The van der Waals surface area contributed by atoms with E-state index >= 15 is 0 Å². The van der Waals surface area contributed by atoms with Crippen LogP contribution in [0.1, 0.15) is 16.8 Å². The summed E-state index contributed by atoms with van der Waals surface area (Å²) in [6, 6.07) is 3.18. The maximum absolute atomic E-state index is 12.1. The first-order valence-electron chi connectivity index (χ1n) is 6.12. The second-order valence-electron chi connectivity index (χ2n) is 3.98. The van der Waals surface area contributed by atoms with Crippen LogP contribution in [0.5, 0.6) is 17.2 Å². The number of nitrogens with two attached hydrogens (primary N) is 1. The highest BCUT2D eigenvalue weighted by Gasteiger charge is 2.20. The van der Waals surface area contributed by atoms with Gasteiger partial charge in [0, 0.05) is 13.0 Å². The molecule has 1 aromatic rings. The van der Waals surface area contributed by atoms with Gasteiger partial charge < -0.3 is 30.5 Å². The maximum atomic E-state index is 12.1. The van der Waals surface area contributed by atoms with Crippen LogP contribution in [0.3, 0.4) is 0 Å². The van der Waals surface area contributed by atoms with Crippen molar-refractivity contribution in [3.05, 3.63) is 17.7 Å². The quantitative estimate of drug-likeness (QED) is 0.293. The molecule has 0 spiro atoms. The first kappa shape index (κ1) is 16.4. The van der Waals surface area contributed by atoms with E-state index in [0.717, 1.165) is 0 Å². The third kappa shape index (κ3) is 3.91. The van der Waals surface area contributed by atoms with Gasteiger partial charge in [0.2, 0.25) is 5.75 Å². The van der Waals surface area contributed by atoms with Crippen LogP contribution in [0.25, 0.3) is 0 Å². The second-order valence-corrected chi connectivity index (χ2v) is 3.98. The smallest absolute Gasteiger partial charge is 0.255 e. The summed E-state index contributed by atoms with van der Waals surface area (Å²) in [6.45, 7) is 0.228. The van der Waals surface area contributed by atoms with E-state index in [0.29, 0.717) is 17.1 Å². The third-order valence-corrected chi connectivity index (χ3v) is 2.74. The van der Waals surface area contributed by atoms with Gasteiger partial charge in [0.25, 0.3) is 5.91 Å². The zero-order chi connectivity index (χ0) is 15.8. The molecular formula is C13H19N3O5. The number of hydrogen-bond donors (Lipinski definition) is 3. The molecule has 0 fully saturated rings. The van der Waals surface area contributed by atoms with Crippen molar-refractivity contribution in [1.82, 2.24) is 5.32 Å². The Kier molecular flexibility index (Phi) is 6.12. The number of amidine groups is 1. The third-order valence-electron chi connectivity index (χ3n) is 2.74. The maximum Gasteiger partial charge on any atom is 0.255 e. The van der Waals surface area contributed by atoms with Crippen molar-refractivity contribution in [2.75, 3.05) is 27.9 Å². The Labute approximate surface area is 122 Å². The lowest BCUT2D eigenvalue weighted by Gasteiger charge is -2.15. The predicted molar refractivity (Wildman–Crippen MR) is 76.5 cm³/mol. The number of carbonyl (C=O) groups excluding carboxylic acids is 1. The summed E-state index contributed by atoms with van der Waals surface area (Å²) in [5, 5.41) is 13.9. The van der Waals surface area contributed by atoms with Crippen molar-refractivity contribution in [3.8, 4) is 17.2 Å². The van der Waals surface area contributed by atoms with Gasteiger partial charge in [-0.2, -0.15) is 0 Å². The highest BCUT2D eigenvalue weighted by atomic mass is 16.5. The van der Waals surface area contributed by atoms with E-state index in [2.05, 4.69) is 10.5 Å². The number of ether oxygens (including phenoxy) is 3. The van der Waals surface area contributed by atoms with Crippen LogP contribution in [-0.4, -0.2) is 44.8 Å². The summed E-state index contributed by atoms with van der Waals surface area (Å²) in [7, 11) is 4.39. The zero-order valence-corrected chi connectivity index (χ0v) is 12.2. The van der Waals surface area contributed by atoms with Crippen LogP contribution in [0.2, 0.25) is 0 Å². The van der Waals surface area contributed by atoms with Crippen molar-refractivity contribution in [2.45, 2.75) is 6.42 Å². The molecule has 1 amide bonds. The molecule has 0 saturated heterocycles. The zero-order valence-electron chi connectivity index (χ0n) is 12.2. The number of nitrogens with zero attached hydrogens (tertiary/aromatic N) is 1. The van der Waals surface area contributed by atoms with Gasteiger partial charge in [-0.3, -0.25) is 4.79 Å². The number of oxime groups is 1. The summed E-state index contributed by atoms with van der Waals surface area (Å²) < 4.78 is 15.6. The number of amides is 1. The molecule has 0 atom stereocenters. The molecule has 0 heterocycles. The molecule has 8 heteroatoms. The minimum Gasteiger partial charge on any atom is -0.493 e. The standard InChI is InChI=1S/C13H19N3O5/c1-19-9-5-4-8(11(20-2)12(9)21-3)13(17)15-7-6-10(14)16-18/h4-5,18H,6-7H2,1-3H3,(H2,14,16)(H,15,17). The van der Waals surface area contributed by atoms with E-state index in [1.54, 1.807) is 12.1 Å². The van der Waals surface area contributed by atoms with Crippen LogP contribution in [0.15, 0.2) is 17.3 Å². The largest absolute Gasteiger partial charge is 0.493 e. The summed E-state index contributed by atoms with van der Waals surface area (Å²) >= 11 is 0. The molecule has 8 nitrogen and oxygen atoms in total. The van der Waals surface area contributed by atoms with Gasteiger partial charge in [-0.25, -0.2) is 0 Å². The van der Waals surface area contributed by atoms with Gasteiger partial charge in [0.15, 0.2) is 11.5 Å². The Hall–Kier alpha value is -2.64. The molecule has 4 N–H and O–H groups in total. The molecule has 0 radical (unpaired) electrons. The van der Waals surface area contributed by atoms with E-state index in [-0.39, 0.29) is 30.5 Å². The molecule has 116 valence electrons. The Morgan fingerprint density at radius 3 is 2.43 bits per heavy atom. The highest BCUT2D eigenvalue weighted by Crippen LogP contribution is 2.39. The van der Waals surface area contributed by atoms with E-state index in [9.17, 15) is 4.79 Å². The second kappa shape index (κ2) is 7.83. The molecule has 0 aromatic heterocycles. The van der Waals surface area contributed by atoms with Crippen molar-refractivity contribution in [2.24, 2.45) is 10.9 Å². The fourth-order valence-corrected chi connectivity index (χ4v) is 1.73. The SMILES string of the molecule is COc1ccc(C(=O)NCCC(N)=NO)c(OC)c1OC. The van der Waals surface area contributed by atoms with Gasteiger partial charge in [-0.05, 0) is 12.1 Å². The van der Waals surface area contributed by atoms with Crippen molar-refractivity contribution in [3.63, 3.8) is 0 Å². The number of hydrogen-bond acceptors (Lipinski definition) is 6. The van der Waals surface area contributed by atoms with Gasteiger partial charge in [-0.15, -0.1) is 0 Å². The lowest BCUT2D eigenvalue weighted by molar-refractivity contribution is 0.0951. The molecule has 0 aliphatic carbocycles. The monoisotopic (exact) mass is 297 g/mol. The van der Waals surface area contributed by atoms with Gasteiger partial charge in [0.1, 0.15) is 5.84 Å². The number of rotatable bonds is 7. The molecule has 1 rings (SSSR count). The summed E-state index contributed by atoms with van der Waals surface area (Å²) in [5.41, 5.74) is 5.63. The highest BCUT2D eigenvalue weighted by molar-refractivity contribution is 5.98. The lowest BCUT2D eigenvalue weighted by Crippen LogP contribution is -2.28. The van der Waals surface area contributed by atoms with E-state index in [1.165, 1.54) is 21.3 Å². The molecule has 0 aliphatic heterocycles. The number of methoxy groups -OCH3 is 3. The van der Waals surface area contributed by atoms with Crippen LogP contribution >= 0.6 is 0 Å². The Balaban J connectivity index is 2.94. The molecule has 0 saturated carbocycles. The molecule has 1 aromatic carbocycles. The summed E-state index contributed by atoms with van der Waals surface area (Å²) in [6.07, 6.45) is 0.234. The van der Waals surface area contributed by atoms with Crippen molar-refractivity contribution in [1.29, 1.82) is 0 Å². The number of benzene rings is 1. The molecule has 0 bridgehead atoms. The minimum atomic E-state index is -0.362. The van der Waals surface area contributed by atoms with E-state index < -0.39 is 0 Å². The molecular weight excluding hydrogens is 278 g/mol. The van der Waals surface area contributed by atoms with Crippen LogP contribution in [0, 0.1) is 0 Å². The average Bonchev–Trinajstić information content (AvgIpc) is 2.52. The molecule has 0 aliphatic rings. The summed E-state index contributed by atoms with van der Waals surface area (Å²) in [4.78, 5) is 12.1. The minimum absolute atomic E-state index is 0.0366. The summed E-state index contributed by atoms with van der Waals surface area (Å²) in [5.74, 6) is 0.748. The van der Waals surface area contributed by atoms with Gasteiger partial charge >= 0.3 is 0 Å². The molecule has 21 heavy (non-hydrogen) atoms. The van der Waals surface area contributed by atoms with Crippen LogP contribution < -0.4 is 25.3 Å². The predicted octanol–water partition coefficient (Wildman–Crippen LogP) is 0.579. The van der Waals surface area contributed by atoms with E-state index in [4.69, 9.17) is 25.2 Å². The Morgan fingerprint density at radius 1 is 1.24 bits per heavy atom. The number of carbonyl (C=O) groups is 1.